The summed E-state index contributed by atoms with van der Waals surface area (Å²) in [6.45, 7) is 7.01. The van der Waals surface area contributed by atoms with Gasteiger partial charge in [0.2, 0.25) is 15.9 Å². The van der Waals surface area contributed by atoms with E-state index in [1.165, 1.54) is 24.3 Å². The smallest absolute Gasteiger partial charge is 0.261 e. The van der Waals surface area contributed by atoms with Gasteiger partial charge in [-0.3, -0.25) is 13.8 Å². The Bertz CT molecular complexity index is 1470. The van der Waals surface area contributed by atoms with Gasteiger partial charge in [0.25, 0.3) is 10.0 Å². The lowest BCUT2D eigenvalue weighted by Gasteiger charge is -2.24. The molecule has 8 nitrogen and oxygen atoms in total. The fourth-order valence-electron chi connectivity index (χ4n) is 3.65. The Hall–Kier alpha value is -3.37. The molecule has 0 fully saturated rings. The summed E-state index contributed by atoms with van der Waals surface area (Å²) in [5.41, 5.74) is 4.79. The van der Waals surface area contributed by atoms with Gasteiger partial charge in [-0.15, -0.1) is 0 Å². The number of carbonyl (C=O) groups is 1. The summed E-state index contributed by atoms with van der Waals surface area (Å²) < 4.78 is 53.9. The molecule has 0 saturated heterocycles. The van der Waals surface area contributed by atoms with Crippen molar-refractivity contribution in [1.82, 2.24) is 0 Å². The highest BCUT2D eigenvalue weighted by molar-refractivity contribution is 7.92. The van der Waals surface area contributed by atoms with Crippen molar-refractivity contribution in [1.29, 1.82) is 0 Å². The number of hydrogen-bond donors (Lipinski definition) is 2. The zero-order valence-electron chi connectivity index (χ0n) is 20.3. The quantitative estimate of drug-likeness (QED) is 0.469. The Morgan fingerprint density at radius 3 is 1.91 bits per heavy atom. The van der Waals surface area contributed by atoms with Gasteiger partial charge in [-0.2, -0.15) is 0 Å². The van der Waals surface area contributed by atoms with Crippen molar-refractivity contribution in [3.63, 3.8) is 0 Å². The van der Waals surface area contributed by atoms with Crippen LogP contribution in [0.5, 0.6) is 0 Å². The molecule has 0 aliphatic heterocycles. The fraction of sp³-hybridized carbons (Fsp3) is 0.240. The van der Waals surface area contributed by atoms with E-state index in [4.69, 9.17) is 0 Å². The Kier molecular flexibility index (Phi) is 7.56. The monoisotopic (exact) mass is 515 g/mol. The van der Waals surface area contributed by atoms with Crippen molar-refractivity contribution in [2.45, 2.75) is 32.6 Å². The molecule has 0 radical (unpaired) electrons. The Balaban J connectivity index is 1.74. The summed E-state index contributed by atoms with van der Waals surface area (Å²) in [6, 6.07) is 16.4. The van der Waals surface area contributed by atoms with E-state index >= 15 is 0 Å². The summed E-state index contributed by atoms with van der Waals surface area (Å²) in [5, 5.41) is 2.63. The third kappa shape index (κ3) is 6.61. The molecule has 1 amide bonds. The first-order valence-electron chi connectivity index (χ1n) is 10.8. The zero-order chi connectivity index (χ0) is 26.0. The van der Waals surface area contributed by atoms with E-state index in [0.717, 1.165) is 32.8 Å². The maximum Gasteiger partial charge on any atom is 0.261 e. The first-order valence-corrected chi connectivity index (χ1v) is 14.1. The number of benzene rings is 3. The van der Waals surface area contributed by atoms with E-state index in [1.54, 1.807) is 25.1 Å². The van der Waals surface area contributed by atoms with E-state index in [1.807, 2.05) is 39.0 Å². The highest BCUT2D eigenvalue weighted by Crippen LogP contribution is 2.24. The van der Waals surface area contributed by atoms with E-state index in [2.05, 4.69) is 10.0 Å². The number of sulfonamides is 2. The van der Waals surface area contributed by atoms with E-state index in [0.29, 0.717) is 17.1 Å². The Labute approximate surface area is 207 Å². The van der Waals surface area contributed by atoms with Gasteiger partial charge < -0.3 is 5.32 Å². The molecule has 0 heterocycles. The number of hydrogen-bond acceptors (Lipinski definition) is 5. The van der Waals surface area contributed by atoms with Gasteiger partial charge in [-0.25, -0.2) is 16.8 Å². The number of rotatable bonds is 8. The molecule has 10 heteroatoms. The second-order valence-electron chi connectivity index (χ2n) is 8.56. The van der Waals surface area contributed by atoms with Crippen LogP contribution in [0.1, 0.15) is 22.3 Å². The molecule has 0 aromatic heterocycles. The lowest BCUT2D eigenvalue weighted by Crippen LogP contribution is -2.37. The fourth-order valence-corrected chi connectivity index (χ4v) is 5.69. The highest BCUT2D eigenvalue weighted by atomic mass is 32.2. The minimum absolute atomic E-state index is 0.0310. The minimum Gasteiger partial charge on any atom is -0.325 e. The van der Waals surface area contributed by atoms with Crippen molar-refractivity contribution in [3.05, 3.63) is 82.9 Å². The molecule has 2 N–H and O–H groups in total. The highest BCUT2D eigenvalue weighted by Gasteiger charge is 2.23. The van der Waals surface area contributed by atoms with Crippen LogP contribution in [0.25, 0.3) is 0 Å². The second kappa shape index (κ2) is 10.1. The topological polar surface area (TPSA) is 113 Å². The molecule has 0 aliphatic carbocycles. The van der Waals surface area contributed by atoms with Crippen LogP contribution in [0, 0.1) is 27.7 Å². The maximum atomic E-state index is 12.8. The van der Waals surface area contributed by atoms with E-state index in [-0.39, 0.29) is 4.90 Å². The van der Waals surface area contributed by atoms with Crippen LogP contribution in [0.3, 0.4) is 0 Å². The number of nitrogens with one attached hydrogen (secondary N) is 2. The van der Waals surface area contributed by atoms with E-state index < -0.39 is 32.5 Å². The van der Waals surface area contributed by atoms with Crippen LogP contribution >= 0.6 is 0 Å². The minimum atomic E-state index is -3.83. The summed E-state index contributed by atoms with van der Waals surface area (Å²) in [5.74, 6) is -0.556. The first-order chi connectivity index (χ1) is 16.3. The standard InChI is InChI=1S/C25H29N3O5S2/c1-17-6-12-23(19(3)14-17)27-35(32,33)22-10-8-21(9-11-22)26-25(29)16-28(34(5,30)31)24-13-7-18(2)15-20(24)4/h6-15,27H,16H2,1-5H3,(H,26,29). The number of amides is 1. The molecule has 3 rings (SSSR count). The molecule has 186 valence electrons. The van der Waals surface area contributed by atoms with Crippen molar-refractivity contribution in [2.24, 2.45) is 0 Å². The van der Waals surface area contributed by atoms with E-state index in [9.17, 15) is 21.6 Å². The van der Waals surface area contributed by atoms with Crippen LogP contribution in [0.2, 0.25) is 0 Å². The van der Waals surface area contributed by atoms with Crippen molar-refractivity contribution < 1.29 is 21.6 Å². The molecule has 0 atom stereocenters. The largest absolute Gasteiger partial charge is 0.325 e. The molecular weight excluding hydrogens is 486 g/mol. The summed E-state index contributed by atoms with van der Waals surface area (Å²) in [7, 11) is -7.54. The van der Waals surface area contributed by atoms with Crippen LogP contribution in [0.15, 0.2) is 65.6 Å². The Morgan fingerprint density at radius 1 is 0.800 bits per heavy atom. The van der Waals surface area contributed by atoms with Gasteiger partial charge in [-0.05, 0) is 75.2 Å². The summed E-state index contributed by atoms with van der Waals surface area (Å²) in [4.78, 5) is 12.7. The molecule has 0 aliphatic rings. The van der Waals surface area contributed by atoms with Crippen molar-refractivity contribution >= 4 is 43.0 Å². The van der Waals surface area contributed by atoms with Gasteiger partial charge in [0.05, 0.1) is 22.5 Å². The lowest BCUT2D eigenvalue weighted by molar-refractivity contribution is -0.114. The number of nitrogens with zero attached hydrogens (tertiary/aromatic N) is 1. The third-order valence-electron chi connectivity index (χ3n) is 5.38. The molecule has 0 bridgehead atoms. The second-order valence-corrected chi connectivity index (χ2v) is 12.1. The van der Waals surface area contributed by atoms with Crippen molar-refractivity contribution in [2.75, 3.05) is 27.1 Å². The molecule has 35 heavy (non-hydrogen) atoms. The molecular formula is C25H29N3O5S2. The van der Waals surface area contributed by atoms with Crippen LogP contribution in [-0.4, -0.2) is 35.5 Å². The van der Waals surface area contributed by atoms with Gasteiger partial charge in [-0.1, -0.05) is 35.4 Å². The zero-order valence-corrected chi connectivity index (χ0v) is 21.9. The lowest BCUT2D eigenvalue weighted by atomic mass is 10.1. The summed E-state index contributed by atoms with van der Waals surface area (Å²) in [6.07, 6.45) is 1.04. The number of carbonyl (C=O) groups excluding carboxylic acids is 1. The third-order valence-corrected chi connectivity index (χ3v) is 7.89. The van der Waals surface area contributed by atoms with Crippen LogP contribution in [-0.2, 0) is 24.8 Å². The van der Waals surface area contributed by atoms with Gasteiger partial charge in [0, 0.05) is 5.69 Å². The maximum absolute atomic E-state index is 12.8. The SMILES string of the molecule is Cc1ccc(NS(=O)(=O)c2ccc(NC(=O)CN(c3ccc(C)cc3C)S(C)(=O)=O)cc2)c(C)c1. The molecule has 0 saturated carbocycles. The van der Waals surface area contributed by atoms with Crippen LogP contribution < -0.4 is 14.3 Å². The molecule has 0 spiro atoms. The molecule has 0 unspecified atom stereocenters. The van der Waals surface area contributed by atoms with Crippen molar-refractivity contribution in [3.8, 4) is 0 Å². The first kappa shape index (κ1) is 26.2. The van der Waals surface area contributed by atoms with Gasteiger partial charge in [0.15, 0.2) is 0 Å². The van der Waals surface area contributed by atoms with Crippen LogP contribution in [0.4, 0.5) is 17.1 Å². The molecule has 3 aromatic rings. The predicted molar refractivity (Wildman–Crippen MR) is 140 cm³/mol. The summed E-state index contributed by atoms with van der Waals surface area (Å²) >= 11 is 0. The predicted octanol–water partition coefficient (Wildman–Crippen LogP) is 4.13. The Morgan fingerprint density at radius 2 is 1.37 bits per heavy atom. The number of aryl methyl sites for hydroxylation is 4. The average Bonchev–Trinajstić information content (AvgIpc) is 2.74. The average molecular weight is 516 g/mol. The number of anilines is 3. The normalized spacial score (nSPS) is 11.7. The van der Waals surface area contributed by atoms with Gasteiger partial charge >= 0.3 is 0 Å². The molecule has 3 aromatic carbocycles. The van der Waals surface area contributed by atoms with Gasteiger partial charge in [0.1, 0.15) is 6.54 Å².